The van der Waals surface area contributed by atoms with Crippen molar-refractivity contribution in [3.05, 3.63) is 34.3 Å². The fraction of sp³-hybridized carbons (Fsp3) is 0.308. The van der Waals surface area contributed by atoms with Crippen LogP contribution in [0.3, 0.4) is 0 Å². The standard InChI is InChI=1S/C13H16BrN3/c1-4-9-5-7-10(8-6-9)12-11(14)13(16-15-12)17(2)3/h5-8H,4H2,1-3H3,(H,15,16). The molecule has 0 saturated carbocycles. The van der Waals surface area contributed by atoms with E-state index in [-0.39, 0.29) is 0 Å². The summed E-state index contributed by atoms with van der Waals surface area (Å²) in [6.07, 6.45) is 1.06. The maximum absolute atomic E-state index is 4.29. The molecule has 2 rings (SSSR count). The van der Waals surface area contributed by atoms with Gasteiger partial charge in [-0.1, -0.05) is 31.2 Å². The number of rotatable bonds is 3. The van der Waals surface area contributed by atoms with E-state index in [9.17, 15) is 0 Å². The predicted octanol–water partition coefficient (Wildman–Crippen LogP) is 3.47. The van der Waals surface area contributed by atoms with Crippen molar-refractivity contribution in [3.63, 3.8) is 0 Å². The van der Waals surface area contributed by atoms with Crippen LogP contribution in [0, 0.1) is 0 Å². The van der Waals surface area contributed by atoms with E-state index < -0.39 is 0 Å². The van der Waals surface area contributed by atoms with Gasteiger partial charge < -0.3 is 4.90 Å². The van der Waals surface area contributed by atoms with Crippen LogP contribution in [0.25, 0.3) is 11.3 Å². The van der Waals surface area contributed by atoms with Crippen LogP contribution in [0.1, 0.15) is 12.5 Å². The van der Waals surface area contributed by atoms with Gasteiger partial charge in [0.25, 0.3) is 0 Å². The Morgan fingerprint density at radius 1 is 1.24 bits per heavy atom. The van der Waals surface area contributed by atoms with Gasteiger partial charge in [0.15, 0.2) is 5.82 Å². The van der Waals surface area contributed by atoms with Crippen LogP contribution in [-0.2, 0) is 6.42 Å². The fourth-order valence-corrected chi connectivity index (χ4v) is 2.47. The first-order valence-corrected chi connectivity index (χ1v) is 6.43. The Hall–Kier alpha value is -1.29. The largest absolute Gasteiger partial charge is 0.360 e. The van der Waals surface area contributed by atoms with Crippen molar-refractivity contribution in [2.45, 2.75) is 13.3 Å². The van der Waals surface area contributed by atoms with Crippen molar-refractivity contribution in [2.75, 3.05) is 19.0 Å². The maximum Gasteiger partial charge on any atom is 0.164 e. The Kier molecular flexibility index (Phi) is 3.52. The zero-order valence-corrected chi connectivity index (χ0v) is 11.9. The summed E-state index contributed by atoms with van der Waals surface area (Å²) >= 11 is 3.59. The zero-order chi connectivity index (χ0) is 12.4. The van der Waals surface area contributed by atoms with Crippen LogP contribution in [0.2, 0.25) is 0 Å². The second-order valence-corrected chi connectivity index (χ2v) is 4.97. The number of aromatic amines is 1. The van der Waals surface area contributed by atoms with Crippen molar-refractivity contribution in [1.82, 2.24) is 10.2 Å². The van der Waals surface area contributed by atoms with Crippen LogP contribution < -0.4 is 4.90 Å². The highest BCUT2D eigenvalue weighted by atomic mass is 79.9. The highest BCUT2D eigenvalue weighted by molar-refractivity contribution is 9.10. The summed E-state index contributed by atoms with van der Waals surface area (Å²) < 4.78 is 1.01. The van der Waals surface area contributed by atoms with E-state index in [0.717, 1.165) is 28.0 Å². The van der Waals surface area contributed by atoms with Crippen molar-refractivity contribution in [1.29, 1.82) is 0 Å². The van der Waals surface area contributed by atoms with E-state index in [1.54, 1.807) is 0 Å². The molecule has 1 aromatic carbocycles. The molecule has 0 amide bonds. The van der Waals surface area contributed by atoms with Gasteiger partial charge in [-0.25, -0.2) is 0 Å². The average Bonchev–Trinajstić information content (AvgIpc) is 2.71. The SMILES string of the molecule is CCc1ccc(-c2[nH]nc(N(C)C)c2Br)cc1. The number of aromatic nitrogens is 2. The number of halogens is 1. The molecule has 0 aliphatic carbocycles. The Bertz CT molecular complexity index is 500. The number of nitrogens with zero attached hydrogens (tertiary/aromatic N) is 2. The summed E-state index contributed by atoms with van der Waals surface area (Å²) in [5.74, 6) is 0.916. The van der Waals surface area contributed by atoms with Crippen molar-refractivity contribution >= 4 is 21.7 Å². The highest BCUT2D eigenvalue weighted by Crippen LogP contribution is 2.33. The number of benzene rings is 1. The molecule has 0 atom stereocenters. The van der Waals surface area contributed by atoms with Gasteiger partial charge in [0.2, 0.25) is 0 Å². The van der Waals surface area contributed by atoms with Crippen LogP contribution in [0.4, 0.5) is 5.82 Å². The molecule has 0 spiro atoms. The molecule has 3 nitrogen and oxygen atoms in total. The van der Waals surface area contributed by atoms with Crippen molar-refractivity contribution in [2.24, 2.45) is 0 Å². The molecule has 0 fully saturated rings. The van der Waals surface area contributed by atoms with Gasteiger partial charge in [0.1, 0.15) is 0 Å². The Morgan fingerprint density at radius 2 is 1.88 bits per heavy atom. The summed E-state index contributed by atoms with van der Waals surface area (Å²) in [6, 6.07) is 8.54. The quantitative estimate of drug-likeness (QED) is 0.940. The topological polar surface area (TPSA) is 31.9 Å². The zero-order valence-electron chi connectivity index (χ0n) is 10.3. The van der Waals surface area contributed by atoms with E-state index in [0.29, 0.717) is 0 Å². The number of hydrogen-bond donors (Lipinski definition) is 1. The fourth-order valence-electron chi connectivity index (χ4n) is 1.71. The summed E-state index contributed by atoms with van der Waals surface area (Å²) in [5, 5.41) is 7.36. The third-order valence-corrected chi connectivity index (χ3v) is 3.52. The summed E-state index contributed by atoms with van der Waals surface area (Å²) in [6.45, 7) is 2.16. The summed E-state index contributed by atoms with van der Waals surface area (Å²) in [4.78, 5) is 1.98. The minimum Gasteiger partial charge on any atom is -0.360 e. The number of nitrogens with one attached hydrogen (secondary N) is 1. The molecular formula is C13H16BrN3. The van der Waals surface area contributed by atoms with Crippen molar-refractivity contribution < 1.29 is 0 Å². The Labute approximate surface area is 110 Å². The first kappa shape index (κ1) is 12.2. The third-order valence-electron chi connectivity index (χ3n) is 2.76. The van der Waals surface area contributed by atoms with E-state index >= 15 is 0 Å². The van der Waals surface area contributed by atoms with Crippen LogP contribution in [-0.4, -0.2) is 24.3 Å². The second kappa shape index (κ2) is 4.92. The second-order valence-electron chi connectivity index (χ2n) is 4.18. The lowest BCUT2D eigenvalue weighted by atomic mass is 10.1. The highest BCUT2D eigenvalue weighted by Gasteiger charge is 2.13. The number of hydrogen-bond acceptors (Lipinski definition) is 2. The molecule has 2 aromatic rings. The normalized spacial score (nSPS) is 10.6. The van der Waals surface area contributed by atoms with Gasteiger partial charge in [-0.2, -0.15) is 5.10 Å². The van der Waals surface area contributed by atoms with E-state index in [2.05, 4.69) is 57.3 Å². The molecule has 1 aromatic heterocycles. The van der Waals surface area contributed by atoms with E-state index in [4.69, 9.17) is 0 Å². The molecule has 0 aliphatic heterocycles. The molecule has 1 heterocycles. The third kappa shape index (κ3) is 2.36. The lowest BCUT2D eigenvalue weighted by Crippen LogP contribution is -2.09. The molecule has 0 radical (unpaired) electrons. The first-order valence-electron chi connectivity index (χ1n) is 5.64. The minimum absolute atomic E-state index is 0.916. The lowest BCUT2D eigenvalue weighted by molar-refractivity contribution is 1.01. The number of anilines is 1. The molecule has 0 aliphatic rings. The predicted molar refractivity (Wildman–Crippen MR) is 75.4 cm³/mol. The summed E-state index contributed by atoms with van der Waals surface area (Å²) in [5.41, 5.74) is 3.52. The van der Waals surface area contributed by atoms with Gasteiger partial charge in [0.05, 0.1) is 10.2 Å². The van der Waals surface area contributed by atoms with Gasteiger partial charge in [0, 0.05) is 19.7 Å². The molecule has 90 valence electrons. The number of H-pyrrole nitrogens is 1. The monoisotopic (exact) mass is 293 g/mol. The van der Waals surface area contributed by atoms with Gasteiger partial charge in [-0.05, 0) is 27.9 Å². The Balaban J connectivity index is 2.39. The molecule has 0 saturated heterocycles. The van der Waals surface area contributed by atoms with Crippen LogP contribution in [0.5, 0.6) is 0 Å². The van der Waals surface area contributed by atoms with Gasteiger partial charge in [-0.15, -0.1) is 0 Å². The maximum atomic E-state index is 4.29. The Morgan fingerprint density at radius 3 is 2.35 bits per heavy atom. The lowest BCUT2D eigenvalue weighted by Gasteiger charge is -2.08. The molecular weight excluding hydrogens is 278 g/mol. The van der Waals surface area contributed by atoms with Crippen LogP contribution in [0.15, 0.2) is 28.7 Å². The molecule has 0 bridgehead atoms. The van der Waals surface area contributed by atoms with E-state index in [1.165, 1.54) is 5.56 Å². The van der Waals surface area contributed by atoms with Crippen molar-refractivity contribution in [3.8, 4) is 11.3 Å². The summed E-state index contributed by atoms with van der Waals surface area (Å²) in [7, 11) is 3.95. The van der Waals surface area contributed by atoms with Gasteiger partial charge in [-0.3, -0.25) is 5.10 Å². The van der Waals surface area contributed by atoms with Gasteiger partial charge >= 0.3 is 0 Å². The average molecular weight is 294 g/mol. The molecule has 0 unspecified atom stereocenters. The molecule has 1 N–H and O–H groups in total. The van der Waals surface area contributed by atoms with E-state index in [1.807, 2.05) is 19.0 Å². The molecule has 4 heteroatoms. The minimum atomic E-state index is 0.916. The number of aryl methyl sites for hydroxylation is 1. The molecule has 17 heavy (non-hydrogen) atoms. The van der Waals surface area contributed by atoms with Crippen LogP contribution >= 0.6 is 15.9 Å². The smallest absolute Gasteiger partial charge is 0.164 e. The first-order chi connectivity index (χ1) is 8.13.